The zero-order chi connectivity index (χ0) is 12.6. The van der Waals surface area contributed by atoms with Crippen LogP contribution in [0.5, 0.6) is 0 Å². The maximum Gasteiger partial charge on any atom is 0.242 e. The van der Waals surface area contributed by atoms with Gasteiger partial charge in [-0.2, -0.15) is 0 Å². The van der Waals surface area contributed by atoms with Crippen molar-refractivity contribution in [2.45, 2.75) is 30.7 Å². The Balaban J connectivity index is 2.20. The van der Waals surface area contributed by atoms with Crippen LogP contribution in [0.25, 0.3) is 0 Å². The largest absolute Gasteiger partial charge is 0.399 e. The predicted molar refractivity (Wildman–Crippen MR) is 68.4 cm³/mol. The molecule has 2 unspecified atom stereocenters. The molecule has 1 aromatic carbocycles. The molecule has 6 heteroatoms. The molecule has 0 amide bonds. The first kappa shape index (κ1) is 12.7. The van der Waals surface area contributed by atoms with E-state index in [1.54, 1.807) is 0 Å². The lowest BCUT2D eigenvalue weighted by Crippen LogP contribution is -2.27. The molecule has 1 saturated carbocycles. The quantitative estimate of drug-likeness (QED) is 0.825. The summed E-state index contributed by atoms with van der Waals surface area (Å²) in [5.41, 5.74) is 5.98. The van der Waals surface area contributed by atoms with E-state index < -0.39 is 10.0 Å². The standard InChI is InChI=1S/C11H15ClN2O2S/c1-2-7-5-10(7)14-17(15,16)11-4-3-8(13)6-9(11)12/h3-4,6-7,10,14H,2,5,13H2,1H3. The lowest BCUT2D eigenvalue weighted by Gasteiger charge is -2.08. The van der Waals surface area contributed by atoms with E-state index in [0.717, 1.165) is 12.8 Å². The number of nitrogens with two attached hydrogens (primary N) is 1. The van der Waals surface area contributed by atoms with E-state index in [2.05, 4.69) is 11.6 Å². The van der Waals surface area contributed by atoms with Gasteiger partial charge in [0, 0.05) is 11.7 Å². The van der Waals surface area contributed by atoms with Gasteiger partial charge >= 0.3 is 0 Å². The number of anilines is 1. The number of benzene rings is 1. The van der Waals surface area contributed by atoms with Gasteiger partial charge in [-0.15, -0.1) is 0 Å². The normalized spacial score (nSPS) is 23.6. The number of nitrogens with one attached hydrogen (secondary N) is 1. The minimum absolute atomic E-state index is 0.0543. The van der Waals surface area contributed by atoms with E-state index in [-0.39, 0.29) is 16.0 Å². The van der Waals surface area contributed by atoms with E-state index in [1.807, 2.05) is 0 Å². The van der Waals surface area contributed by atoms with E-state index in [4.69, 9.17) is 17.3 Å². The molecule has 1 fully saturated rings. The Morgan fingerprint density at radius 1 is 1.53 bits per heavy atom. The van der Waals surface area contributed by atoms with Gasteiger partial charge in [0.1, 0.15) is 4.90 Å². The average molecular weight is 275 g/mol. The molecule has 3 N–H and O–H groups in total. The Bertz CT molecular complexity index is 530. The molecule has 1 aliphatic carbocycles. The van der Waals surface area contributed by atoms with Gasteiger partial charge in [-0.05, 0) is 30.5 Å². The molecule has 0 heterocycles. The van der Waals surface area contributed by atoms with Gasteiger partial charge in [-0.25, -0.2) is 13.1 Å². The maximum atomic E-state index is 12.0. The van der Waals surface area contributed by atoms with Crippen molar-refractivity contribution in [2.24, 2.45) is 5.92 Å². The summed E-state index contributed by atoms with van der Waals surface area (Å²) in [6.07, 6.45) is 1.89. The molecule has 1 aromatic rings. The molecule has 1 aliphatic rings. The lowest BCUT2D eigenvalue weighted by atomic mass is 10.3. The highest BCUT2D eigenvalue weighted by Gasteiger charge is 2.39. The molecule has 0 aromatic heterocycles. The lowest BCUT2D eigenvalue weighted by molar-refractivity contribution is 0.576. The molecule has 4 nitrogen and oxygen atoms in total. The fourth-order valence-corrected chi connectivity index (χ4v) is 3.71. The zero-order valence-electron chi connectivity index (χ0n) is 9.48. The Morgan fingerprint density at radius 2 is 2.24 bits per heavy atom. The average Bonchev–Trinajstić information content (AvgIpc) is 2.94. The molecule has 0 aliphatic heterocycles. The molecule has 94 valence electrons. The fraction of sp³-hybridized carbons (Fsp3) is 0.455. The highest BCUT2D eigenvalue weighted by Crippen LogP contribution is 2.35. The van der Waals surface area contributed by atoms with Gasteiger partial charge in [0.15, 0.2) is 0 Å². The van der Waals surface area contributed by atoms with Crippen molar-refractivity contribution in [2.75, 3.05) is 5.73 Å². The van der Waals surface area contributed by atoms with Gasteiger partial charge < -0.3 is 5.73 Å². The molecule has 2 atom stereocenters. The van der Waals surface area contributed by atoms with E-state index in [0.29, 0.717) is 11.6 Å². The van der Waals surface area contributed by atoms with Crippen molar-refractivity contribution in [3.05, 3.63) is 23.2 Å². The molecule has 0 bridgehead atoms. The Morgan fingerprint density at radius 3 is 2.76 bits per heavy atom. The van der Waals surface area contributed by atoms with Gasteiger partial charge in [-0.1, -0.05) is 24.9 Å². The summed E-state index contributed by atoms with van der Waals surface area (Å²) in [5, 5.41) is 0.159. The van der Waals surface area contributed by atoms with Crippen LogP contribution in [0.15, 0.2) is 23.1 Å². The molecule has 2 rings (SSSR count). The third-order valence-electron chi connectivity index (χ3n) is 3.00. The summed E-state index contributed by atoms with van der Waals surface area (Å²) in [4.78, 5) is 0.0927. The van der Waals surface area contributed by atoms with E-state index in [9.17, 15) is 8.42 Å². The highest BCUT2D eigenvalue weighted by atomic mass is 35.5. The third kappa shape index (κ3) is 2.73. The summed E-state index contributed by atoms with van der Waals surface area (Å²) in [7, 11) is -3.52. The number of halogens is 1. The predicted octanol–water partition coefficient (Wildman–Crippen LogP) is 2.00. The number of hydrogen-bond acceptors (Lipinski definition) is 3. The molecule has 0 radical (unpaired) electrons. The van der Waals surface area contributed by atoms with Crippen LogP contribution in [0.2, 0.25) is 5.02 Å². The van der Waals surface area contributed by atoms with Crippen LogP contribution in [-0.2, 0) is 10.0 Å². The van der Waals surface area contributed by atoms with Crippen LogP contribution in [0, 0.1) is 5.92 Å². The Kier molecular flexibility index (Phi) is 3.34. The second kappa shape index (κ2) is 4.48. The summed E-state index contributed by atoms with van der Waals surface area (Å²) < 4.78 is 26.7. The van der Waals surface area contributed by atoms with Crippen molar-refractivity contribution in [1.82, 2.24) is 4.72 Å². The number of rotatable bonds is 4. The Hall–Kier alpha value is -0.780. The molecule has 17 heavy (non-hydrogen) atoms. The smallest absolute Gasteiger partial charge is 0.242 e. The van der Waals surface area contributed by atoms with Gasteiger partial charge in [0.25, 0.3) is 0 Å². The first-order valence-corrected chi connectivity index (χ1v) is 7.37. The fourth-order valence-electron chi connectivity index (χ4n) is 1.84. The van der Waals surface area contributed by atoms with Crippen LogP contribution >= 0.6 is 11.6 Å². The summed E-state index contributed by atoms with van der Waals surface area (Å²) >= 11 is 5.89. The second-order valence-corrected chi connectivity index (χ2v) is 6.41. The van der Waals surface area contributed by atoms with Gasteiger partial charge in [0.05, 0.1) is 5.02 Å². The number of nitrogen functional groups attached to an aromatic ring is 1. The third-order valence-corrected chi connectivity index (χ3v) is 4.97. The number of hydrogen-bond donors (Lipinski definition) is 2. The van der Waals surface area contributed by atoms with Crippen LogP contribution in [0.3, 0.4) is 0 Å². The first-order chi connectivity index (χ1) is 7.94. The van der Waals surface area contributed by atoms with E-state index in [1.165, 1.54) is 18.2 Å². The van der Waals surface area contributed by atoms with Crippen molar-refractivity contribution in [3.8, 4) is 0 Å². The first-order valence-electron chi connectivity index (χ1n) is 5.51. The van der Waals surface area contributed by atoms with Crippen molar-refractivity contribution in [1.29, 1.82) is 0 Å². The van der Waals surface area contributed by atoms with Crippen LogP contribution in [-0.4, -0.2) is 14.5 Å². The maximum absolute atomic E-state index is 12.0. The monoisotopic (exact) mass is 274 g/mol. The number of sulfonamides is 1. The molecular formula is C11H15ClN2O2S. The van der Waals surface area contributed by atoms with E-state index >= 15 is 0 Å². The molecule has 0 saturated heterocycles. The second-order valence-electron chi connectivity index (χ2n) is 4.32. The minimum atomic E-state index is -3.52. The highest BCUT2D eigenvalue weighted by molar-refractivity contribution is 7.89. The van der Waals surface area contributed by atoms with Crippen molar-refractivity contribution < 1.29 is 8.42 Å². The Labute approximate surface area is 106 Å². The zero-order valence-corrected chi connectivity index (χ0v) is 11.1. The summed E-state index contributed by atoms with van der Waals surface area (Å²) in [6.45, 7) is 2.05. The van der Waals surface area contributed by atoms with Gasteiger partial charge in [0.2, 0.25) is 10.0 Å². The van der Waals surface area contributed by atoms with Crippen LogP contribution in [0.1, 0.15) is 19.8 Å². The summed E-state index contributed by atoms with van der Waals surface area (Å²) in [6, 6.07) is 4.47. The van der Waals surface area contributed by atoms with Crippen LogP contribution in [0.4, 0.5) is 5.69 Å². The van der Waals surface area contributed by atoms with Crippen LogP contribution < -0.4 is 10.5 Å². The van der Waals surface area contributed by atoms with Crippen molar-refractivity contribution in [3.63, 3.8) is 0 Å². The topological polar surface area (TPSA) is 72.2 Å². The summed E-state index contributed by atoms with van der Waals surface area (Å²) in [5.74, 6) is 0.456. The van der Waals surface area contributed by atoms with Gasteiger partial charge in [-0.3, -0.25) is 0 Å². The molecule has 0 spiro atoms. The SMILES string of the molecule is CCC1CC1NS(=O)(=O)c1ccc(N)cc1Cl. The molecular weight excluding hydrogens is 260 g/mol. The van der Waals surface area contributed by atoms with Crippen molar-refractivity contribution >= 4 is 27.3 Å². The minimum Gasteiger partial charge on any atom is -0.399 e.